The summed E-state index contributed by atoms with van der Waals surface area (Å²) < 4.78 is 10.3. The molecular weight excluding hydrogens is 250 g/mol. The quantitative estimate of drug-likeness (QED) is 0.766. The lowest BCUT2D eigenvalue weighted by atomic mass is 10.1. The predicted octanol–water partition coefficient (Wildman–Crippen LogP) is 1.79. The molecule has 0 aromatic heterocycles. The van der Waals surface area contributed by atoms with Crippen LogP contribution in [0.5, 0.6) is 0 Å². The summed E-state index contributed by atoms with van der Waals surface area (Å²) in [6.45, 7) is 7.92. The molecule has 1 atom stereocenters. The number of amides is 1. The Balaban J connectivity index is 2.70. The van der Waals surface area contributed by atoms with Crippen molar-refractivity contribution in [2.24, 2.45) is 0 Å². The number of carbonyl (C=O) groups is 1. The third-order valence-corrected chi connectivity index (χ3v) is 2.62. The minimum absolute atomic E-state index is 0.0840. The second-order valence-corrected chi connectivity index (χ2v) is 5.43. The van der Waals surface area contributed by atoms with E-state index >= 15 is 0 Å². The van der Waals surface area contributed by atoms with E-state index < -0.39 is 18.0 Å². The summed E-state index contributed by atoms with van der Waals surface area (Å²) in [6.07, 6.45) is -1.35. The number of ether oxygens (including phenoxy) is 2. The standard InChI is InChI=1S/C13H23NO5/c1-5-18-11(16)9-8-14(7-6-10(9)15)12(17)19-13(2,3)4/h11,15-16H,5-8H2,1-4H3. The van der Waals surface area contributed by atoms with Gasteiger partial charge in [-0.1, -0.05) is 0 Å². The zero-order chi connectivity index (χ0) is 14.6. The number of hydrogen-bond acceptors (Lipinski definition) is 5. The summed E-state index contributed by atoms with van der Waals surface area (Å²) in [5, 5.41) is 19.5. The second-order valence-electron chi connectivity index (χ2n) is 5.43. The van der Waals surface area contributed by atoms with Crippen LogP contribution in [0.2, 0.25) is 0 Å². The molecule has 0 bridgehead atoms. The average molecular weight is 273 g/mol. The molecular formula is C13H23NO5. The molecule has 0 saturated heterocycles. The van der Waals surface area contributed by atoms with Crippen molar-refractivity contribution in [3.63, 3.8) is 0 Å². The lowest BCUT2D eigenvalue weighted by molar-refractivity contribution is -0.0746. The van der Waals surface area contributed by atoms with Gasteiger partial charge in [-0.3, -0.25) is 0 Å². The van der Waals surface area contributed by atoms with Crippen molar-refractivity contribution in [1.82, 2.24) is 4.90 Å². The van der Waals surface area contributed by atoms with Gasteiger partial charge in [-0.2, -0.15) is 0 Å². The van der Waals surface area contributed by atoms with Crippen molar-refractivity contribution >= 4 is 6.09 Å². The van der Waals surface area contributed by atoms with Crippen molar-refractivity contribution in [3.05, 3.63) is 11.3 Å². The highest BCUT2D eigenvalue weighted by molar-refractivity contribution is 5.68. The molecule has 0 aromatic rings. The van der Waals surface area contributed by atoms with Crippen LogP contribution in [0, 0.1) is 0 Å². The third kappa shape index (κ3) is 4.72. The first-order valence-electron chi connectivity index (χ1n) is 6.43. The molecule has 1 heterocycles. The number of hydrogen-bond donors (Lipinski definition) is 2. The maximum absolute atomic E-state index is 11.9. The van der Waals surface area contributed by atoms with E-state index in [-0.39, 0.29) is 12.3 Å². The first-order valence-corrected chi connectivity index (χ1v) is 6.43. The molecule has 1 aliphatic rings. The lowest BCUT2D eigenvalue weighted by Crippen LogP contribution is -2.42. The molecule has 0 spiro atoms. The van der Waals surface area contributed by atoms with Gasteiger partial charge < -0.3 is 24.6 Å². The Kier molecular flexibility index (Phi) is 5.20. The van der Waals surface area contributed by atoms with E-state index in [1.54, 1.807) is 27.7 Å². The van der Waals surface area contributed by atoms with Crippen LogP contribution >= 0.6 is 0 Å². The summed E-state index contributed by atoms with van der Waals surface area (Å²) in [6, 6.07) is 0. The normalized spacial score (nSPS) is 18.5. The molecule has 1 unspecified atom stereocenters. The van der Waals surface area contributed by atoms with E-state index in [1.807, 2.05) is 0 Å². The Labute approximate surface area is 113 Å². The number of nitrogens with zero attached hydrogens (tertiary/aromatic N) is 1. The van der Waals surface area contributed by atoms with Crippen molar-refractivity contribution < 1.29 is 24.5 Å². The molecule has 1 amide bonds. The summed E-state index contributed by atoms with van der Waals surface area (Å²) in [5.74, 6) is 0.0840. The van der Waals surface area contributed by atoms with E-state index in [1.165, 1.54) is 4.90 Å². The maximum atomic E-state index is 11.9. The summed E-state index contributed by atoms with van der Waals surface area (Å²) in [7, 11) is 0. The van der Waals surface area contributed by atoms with Crippen LogP contribution in [0.3, 0.4) is 0 Å². The van der Waals surface area contributed by atoms with Crippen molar-refractivity contribution in [3.8, 4) is 0 Å². The zero-order valence-electron chi connectivity index (χ0n) is 12.0. The Morgan fingerprint density at radius 3 is 2.63 bits per heavy atom. The molecule has 6 heteroatoms. The summed E-state index contributed by atoms with van der Waals surface area (Å²) in [5.41, 5.74) is -0.252. The smallest absolute Gasteiger partial charge is 0.410 e. The molecule has 1 rings (SSSR count). The van der Waals surface area contributed by atoms with Crippen molar-refractivity contribution in [2.75, 3.05) is 19.7 Å². The minimum Gasteiger partial charge on any atom is -0.512 e. The molecule has 0 saturated carbocycles. The van der Waals surface area contributed by atoms with Gasteiger partial charge in [0, 0.05) is 25.1 Å². The molecule has 6 nitrogen and oxygen atoms in total. The molecule has 110 valence electrons. The van der Waals surface area contributed by atoms with E-state index in [2.05, 4.69) is 0 Å². The summed E-state index contributed by atoms with van der Waals surface area (Å²) in [4.78, 5) is 13.4. The molecule has 19 heavy (non-hydrogen) atoms. The Bertz CT molecular complexity index is 359. The SMILES string of the molecule is CCOC(O)C1=C(O)CCN(C(=O)OC(C)(C)C)C1. The fraction of sp³-hybridized carbons (Fsp3) is 0.769. The number of aliphatic hydroxyl groups excluding tert-OH is 2. The fourth-order valence-electron chi connectivity index (χ4n) is 1.74. The minimum atomic E-state index is -1.18. The molecule has 0 aliphatic carbocycles. The fourth-order valence-corrected chi connectivity index (χ4v) is 1.74. The highest BCUT2D eigenvalue weighted by Gasteiger charge is 2.29. The van der Waals surface area contributed by atoms with E-state index in [0.717, 1.165) is 0 Å². The first kappa shape index (κ1) is 15.8. The van der Waals surface area contributed by atoms with Gasteiger partial charge in [0.15, 0.2) is 6.29 Å². The third-order valence-electron chi connectivity index (χ3n) is 2.62. The van der Waals surface area contributed by atoms with Crippen molar-refractivity contribution in [2.45, 2.75) is 46.0 Å². The topological polar surface area (TPSA) is 79.2 Å². The van der Waals surface area contributed by atoms with Gasteiger partial charge in [0.1, 0.15) is 11.4 Å². The number of carbonyl (C=O) groups excluding carboxylic acids is 1. The van der Waals surface area contributed by atoms with E-state index in [0.29, 0.717) is 25.1 Å². The van der Waals surface area contributed by atoms with E-state index in [9.17, 15) is 15.0 Å². The molecule has 0 aromatic carbocycles. The van der Waals surface area contributed by atoms with Crippen LogP contribution in [0.15, 0.2) is 11.3 Å². The molecule has 2 N–H and O–H groups in total. The molecule has 1 aliphatic heterocycles. The van der Waals surface area contributed by atoms with Crippen LogP contribution in [-0.2, 0) is 9.47 Å². The molecule has 0 radical (unpaired) electrons. The van der Waals surface area contributed by atoms with E-state index in [4.69, 9.17) is 9.47 Å². The van der Waals surface area contributed by atoms with Gasteiger partial charge in [0.25, 0.3) is 0 Å². The van der Waals surface area contributed by atoms with Crippen LogP contribution < -0.4 is 0 Å². The Morgan fingerprint density at radius 1 is 1.47 bits per heavy atom. The van der Waals surface area contributed by atoms with Crippen LogP contribution in [0.25, 0.3) is 0 Å². The highest BCUT2D eigenvalue weighted by Crippen LogP contribution is 2.21. The zero-order valence-corrected chi connectivity index (χ0v) is 12.0. The highest BCUT2D eigenvalue weighted by atomic mass is 16.6. The predicted molar refractivity (Wildman–Crippen MR) is 69.7 cm³/mol. The monoisotopic (exact) mass is 273 g/mol. The summed E-state index contributed by atoms with van der Waals surface area (Å²) >= 11 is 0. The van der Waals surface area contributed by atoms with Gasteiger partial charge in [0.2, 0.25) is 0 Å². The second kappa shape index (κ2) is 6.25. The number of aliphatic hydroxyl groups is 2. The largest absolute Gasteiger partial charge is 0.512 e. The van der Waals surface area contributed by atoms with Gasteiger partial charge >= 0.3 is 6.09 Å². The Hall–Kier alpha value is -1.27. The number of rotatable bonds is 3. The van der Waals surface area contributed by atoms with Gasteiger partial charge in [-0.15, -0.1) is 0 Å². The maximum Gasteiger partial charge on any atom is 0.410 e. The van der Waals surface area contributed by atoms with Crippen molar-refractivity contribution in [1.29, 1.82) is 0 Å². The van der Waals surface area contributed by atoms with Gasteiger partial charge in [0.05, 0.1) is 6.54 Å². The molecule has 0 fully saturated rings. The van der Waals surface area contributed by atoms with Gasteiger partial charge in [-0.05, 0) is 27.7 Å². The lowest BCUT2D eigenvalue weighted by Gasteiger charge is -2.32. The van der Waals surface area contributed by atoms with Crippen LogP contribution in [-0.4, -0.2) is 52.8 Å². The van der Waals surface area contributed by atoms with Crippen LogP contribution in [0.1, 0.15) is 34.1 Å². The van der Waals surface area contributed by atoms with Gasteiger partial charge in [-0.25, -0.2) is 4.79 Å². The first-order chi connectivity index (χ1) is 8.74. The average Bonchev–Trinajstić information content (AvgIpc) is 2.27. The van der Waals surface area contributed by atoms with Crippen LogP contribution in [0.4, 0.5) is 4.79 Å². The Morgan fingerprint density at radius 2 is 2.11 bits per heavy atom.